The molecule has 0 fully saturated rings. The van der Waals surface area contributed by atoms with Crippen molar-refractivity contribution in [3.05, 3.63) is 107 Å². The monoisotopic (exact) mass is 464 g/mol. The zero-order chi connectivity index (χ0) is 24.4. The third kappa shape index (κ3) is 4.32. The lowest BCUT2D eigenvalue weighted by atomic mass is 9.83. The fourth-order valence-corrected chi connectivity index (χ4v) is 4.37. The molecular formula is C29H24N2O4. The minimum absolute atomic E-state index is 0.0187. The number of nitriles is 1. The van der Waals surface area contributed by atoms with Crippen molar-refractivity contribution in [2.24, 2.45) is 5.73 Å². The smallest absolute Gasteiger partial charge is 0.205 e. The average Bonchev–Trinajstić information content (AvgIpc) is 2.87. The van der Waals surface area contributed by atoms with E-state index in [2.05, 4.69) is 36.4 Å². The molecule has 1 aliphatic heterocycles. The van der Waals surface area contributed by atoms with Crippen LogP contribution in [0.5, 0.6) is 23.0 Å². The number of hydrogen-bond acceptors (Lipinski definition) is 6. The number of nitrogens with zero attached hydrogens (tertiary/aromatic N) is 1. The Bertz CT molecular complexity index is 1490. The van der Waals surface area contributed by atoms with Gasteiger partial charge in [-0.2, -0.15) is 5.26 Å². The summed E-state index contributed by atoms with van der Waals surface area (Å²) in [6.45, 7) is 2.75. The summed E-state index contributed by atoms with van der Waals surface area (Å²) in [7, 11) is 0. The van der Waals surface area contributed by atoms with Crippen LogP contribution in [0.2, 0.25) is 0 Å². The molecule has 5 rings (SSSR count). The summed E-state index contributed by atoms with van der Waals surface area (Å²) >= 11 is 0. The van der Waals surface area contributed by atoms with Crippen molar-refractivity contribution in [2.75, 3.05) is 6.61 Å². The molecule has 1 aliphatic rings. The Morgan fingerprint density at radius 1 is 0.943 bits per heavy atom. The number of phenols is 1. The van der Waals surface area contributed by atoms with Crippen LogP contribution >= 0.6 is 0 Å². The Morgan fingerprint density at radius 2 is 1.77 bits per heavy atom. The molecule has 4 aromatic carbocycles. The Balaban J connectivity index is 1.48. The predicted molar refractivity (Wildman–Crippen MR) is 133 cm³/mol. The maximum Gasteiger partial charge on any atom is 0.205 e. The average molecular weight is 465 g/mol. The van der Waals surface area contributed by atoms with Crippen LogP contribution in [0.15, 0.2) is 90.3 Å². The SMILES string of the molecule is CCOc1cc([C@@H]2C(C#N)=C(N)Oc3cc(O)ccc32)ccc1OCc1ccc2ccccc2c1. The largest absolute Gasteiger partial charge is 0.508 e. The fourth-order valence-electron chi connectivity index (χ4n) is 4.37. The molecule has 0 saturated heterocycles. The van der Waals surface area contributed by atoms with Gasteiger partial charge in [0.2, 0.25) is 5.88 Å². The van der Waals surface area contributed by atoms with E-state index in [4.69, 9.17) is 19.9 Å². The van der Waals surface area contributed by atoms with Crippen molar-refractivity contribution < 1.29 is 19.3 Å². The van der Waals surface area contributed by atoms with Crippen LogP contribution in [0.3, 0.4) is 0 Å². The second-order valence-electron chi connectivity index (χ2n) is 8.26. The van der Waals surface area contributed by atoms with Crippen molar-refractivity contribution in [3.63, 3.8) is 0 Å². The van der Waals surface area contributed by atoms with Crippen LogP contribution in [0, 0.1) is 11.3 Å². The van der Waals surface area contributed by atoms with Crippen molar-refractivity contribution in [1.82, 2.24) is 0 Å². The van der Waals surface area contributed by atoms with Gasteiger partial charge in [0.25, 0.3) is 0 Å². The van der Waals surface area contributed by atoms with Crippen LogP contribution in [0.25, 0.3) is 10.8 Å². The Kier molecular flexibility index (Phi) is 5.90. The summed E-state index contributed by atoms with van der Waals surface area (Å²) in [5.74, 6) is 1.22. The third-order valence-electron chi connectivity index (χ3n) is 6.01. The molecule has 0 unspecified atom stereocenters. The van der Waals surface area contributed by atoms with Gasteiger partial charge in [-0.1, -0.05) is 48.5 Å². The van der Waals surface area contributed by atoms with Crippen LogP contribution in [-0.2, 0) is 6.61 Å². The Morgan fingerprint density at radius 3 is 2.57 bits per heavy atom. The molecule has 0 saturated carbocycles. The minimum atomic E-state index is -0.460. The first-order chi connectivity index (χ1) is 17.1. The number of rotatable bonds is 6. The highest BCUT2D eigenvalue weighted by molar-refractivity contribution is 5.83. The quantitative estimate of drug-likeness (QED) is 0.378. The molecule has 0 aromatic heterocycles. The molecule has 35 heavy (non-hydrogen) atoms. The van der Waals surface area contributed by atoms with Crippen molar-refractivity contribution in [2.45, 2.75) is 19.4 Å². The topological polar surface area (TPSA) is 97.7 Å². The minimum Gasteiger partial charge on any atom is -0.508 e. The van der Waals surface area contributed by atoms with E-state index in [1.165, 1.54) is 11.5 Å². The number of aromatic hydroxyl groups is 1. The van der Waals surface area contributed by atoms with Crippen LogP contribution in [0.4, 0.5) is 0 Å². The van der Waals surface area contributed by atoms with Crippen LogP contribution < -0.4 is 19.9 Å². The summed E-state index contributed by atoms with van der Waals surface area (Å²) in [5.41, 5.74) is 8.95. The second kappa shape index (κ2) is 9.32. The molecular weight excluding hydrogens is 440 g/mol. The molecule has 4 aromatic rings. The maximum absolute atomic E-state index is 9.88. The summed E-state index contributed by atoms with van der Waals surface area (Å²) < 4.78 is 17.7. The molecule has 1 atom stereocenters. The number of nitrogens with two attached hydrogens (primary N) is 1. The van der Waals surface area contributed by atoms with E-state index in [0.29, 0.717) is 36.0 Å². The number of hydrogen-bond donors (Lipinski definition) is 2. The van der Waals surface area contributed by atoms with Crippen molar-refractivity contribution in [1.29, 1.82) is 5.26 Å². The fraction of sp³-hybridized carbons (Fsp3) is 0.138. The van der Waals surface area contributed by atoms with Crippen LogP contribution in [-0.4, -0.2) is 11.7 Å². The molecule has 0 bridgehead atoms. The molecule has 1 heterocycles. The van der Waals surface area contributed by atoms with Gasteiger partial charge >= 0.3 is 0 Å². The van der Waals surface area contributed by atoms with Gasteiger partial charge in [0.15, 0.2) is 11.5 Å². The molecule has 6 heteroatoms. The first-order valence-corrected chi connectivity index (χ1v) is 11.3. The number of ether oxygens (including phenoxy) is 3. The molecule has 174 valence electrons. The number of allylic oxidation sites excluding steroid dienone is 1. The van der Waals surface area contributed by atoms with E-state index in [-0.39, 0.29) is 11.6 Å². The third-order valence-corrected chi connectivity index (χ3v) is 6.01. The van der Waals surface area contributed by atoms with Gasteiger partial charge in [0.05, 0.1) is 12.5 Å². The van der Waals surface area contributed by atoms with E-state index in [1.54, 1.807) is 12.1 Å². The van der Waals surface area contributed by atoms with E-state index in [1.807, 2.05) is 37.3 Å². The molecule has 3 N–H and O–H groups in total. The van der Waals surface area contributed by atoms with Crippen LogP contribution in [0.1, 0.15) is 29.5 Å². The molecule has 0 amide bonds. The molecule has 0 radical (unpaired) electrons. The highest BCUT2D eigenvalue weighted by atomic mass is 16.5. The van der Waals surface area contributed by atoms with E-state index >= 15 is 0 Å². The zero-order valence-electron chi connectivity index (χ0n) is 19.2. The van der Waals surface area contributed by atoms with Crippen molar-refractivity contribution in [3.8, 4) is 29.1 Å². The standard InChI is InChI=1S/C29H24N2O4/c1-2-33-27-14-21(28-23-11-10-22(32)15-26(23)35-29(31)24(28)16-30)9-12-25(27)34-17-18-7-8-19-5-3-4-6-20(19)13-18/h3-15,28,32H,2,17,31H2,1H3/t28-/m0/s1. The Labute approximate surface area is 203 Å². The lowest BCUT2D eigenvalue weighted by molar-refractivity contribution is 0.269. The summed E-state index contributed by atoms with van der Waals surface area (Å²) in [6, 6.07) is 27.1. The lowest BCUT2D eigenvalue weighted by Crippen LogP contribution is -2.21. The van der Waals surface area contributed by atoms with Gasteiger partial charge < -0.3 is 25.1 Å². The predicted octanol–water partition coefficient (Wildman–Crippen LogP) is 5.74. The van der Waals surface area contributed by atoms with E-state index in [0.717, 1.165) is 22.1 Å². The first-order valence-electron chi connectivity index (χ1n) is 11.3. The van der Waals surface area contributed by atoms with Gasteiger partial charge in [-0.3, -0.25) is 0 Å². The van der Waals surface area contributed by atoms with Gasteiger partial charge in [-0.05, 0) is 53.1 Å². The van der Waals surface area contributed by atoms with E-state index < -0.39 is 5.92 Å². The summed E-state index contributed by atoms with van der Waals surface area (Å²) in [4.78, 5) is 0. The molecule has 0 spiro atoms. The highest BCUT2D eigenvalue weighted by Gasteiger charge is 2.31. The van der Waals surface area contributed by atoms with E-state index in [9.17, 15) is 10.4 Å². The Hall–Kier alpha value is -4.63. The van der Waals surface area contributed by atoms with Gasteiger partial charge in [0, 0.05) is 11.6 Å². The maximum atomic E-state index is 9.88. The second-order valence-corrected chi connectivity index (χ2v) is 8.26. The van der Waals surface area contributed by atoms with Crippen molar-refractivity contribution >= 4 is 10.8 Å². The summed E-state index contributed by atoms with van der Waals surface area (Å²) in [5, 5.41) is 22.0. The van der Waals surface area contributed by atoms with Gasteiger partial charge in [-0.25, -0.2) is 0 Å². The zero-order valence-corrected chi connectivity index (χ0v) is 19.2. The number of fused-ring (bicyclic) bond motifs is 2. The first kappa shape index (κ1) is 22.2. The van der Waals surface area contributed by atoms with Gasteiger partial charge in [0.1, 0.15) is 29.7 Å². The normalized spacial score (nSPS) is 14.7. The highest BCUT2D eigenvalue weighted by Crippen LogP contribution is 2.45. The number of phenolic OH excluding ortho intramolecular Hbond substituents is 1. The van der Waals surface area contributed by atoms with Gasteiger partial charge in [-0.15, -0.1) is 0 Å². The molecule has 0 aliphatic carbocycles. The number of benzene rings is 4. The summed E-state index contributed by atoms with van der Waals surface area (Å²) in [6.07, 6.45) is 0. The molecule has 6 nitrogen and oxygen atoms in total. The lowest BCUT2D eigenvalue weighted by Gasteiger charge is -2.27.